The highest BCUT2D eigenvalue weighted by Crippen LogP contribution is 2.23. The smallest absolute Gasteiger partial charge is 0.328 e. The number of aromatic nitrogens is 1. The Hall–Kier alpha value is -4.83. The maximum atomic E-state index is 13.2. The summed E-state index contributed by atoms with van der Waals surface area (Å²) >= 11 is 0. The van der Waals surface area contributed by atoms with Crippen LogP contribution in [0.3, 0.4) is 0 Å². The molecule has 10 heteroatoms. The Labute approximate surface area is 232 Å². The maximum Gasteiger partial charge on any atom is 0.328 e. The molecule has 2 aromatic carbocycles. The molecule has 1 saturated heterocycles. The van der Waals surface area contributed by atoms with Gasteiger partial charge in [-0.2, -0.15) is 0 Å². The summed E-state index contributed by atoms with van der Waals surface area (Å²) in [5, 5.41) is 15.6. The van der Waals surface area contributed by atoms with Crippen LogP contribution in [0.1, 0.15) is 33.6 Å². The van der Waals surface area contributed by atoms with Crippen LogP contribution in [0.25, 0.3) is 0 Å². The van der Waals surface area contributed by atoms with E-state index in [0.29, 0.717) is 29.9 Å². The summed E-state index contributed by atoms with van der Waals surface area (Å²) in [6.45, 7) is 2.98. The molecule has 0 radical (unpaired) electrons. The van der Waals surface area contributed by atoms with Gasteiger partial charge < -0.3 is 25.7 Å². The summed E-state index contributed by atoms with van der Waals surface area (Å²) in [5.41, 5.74) is 8.56. The number of amides is 1. The van der Waals surface area contributed by atoms with Crippen molar-refractivity contribution in [1.82, 2.24) is 9.88 Å². The zero-order valence-corrected chi connectivity index (χ0v) is 21.9. The largest absolute Gasteiger partial charge is 0.478 e. The number of ketones is 1. The molecule has 3 aromatic rings. The van der Waals surface area contributed by atoms with E-state index in [2.05, 4.69) is 9.88 Å². The number of nitrogens with two attached hydrogens (primary N) is 1. The quantitative estimate of drug-likeness (QED) is 0.208. The molecule has 4 rings (SSSR count). The number of carbonyl (C=O) groups excluding carboxylic acids is 2. The van der Waals surface area contributed by atoms with Crippen LogP contribution in [0, 0.1) is 5.92 Å². The minimum atomic E-state index is -1.26. The van der Waals surface area contributed by atoms with E-state index in [9.17, 15) is 19.2 Å². The van der Waals surface area contributed by atoms with Crippen molar-refractivity contribution >= 4 is 35.0 Å². The number of hydrogen-bond donors (Lipinski definition) is 3. The number of nitrogens with zero attached hydrogens (tertiary/aromatic N) is 3. The van der Waals surface area contributed by atoms with E-state index in [4.69, 9.17) is 15.9 Å². The lowest BCUT2D eigenvalue weighted by Crippen LogP contribution is -2.43. The van der Waals surface area contributed by atoms with Gasteiger partial charge in [-0.05, 0) is 62.3 Å². The van der Waals surface area contributed by atoms with Crippen LogP contribution in [-0.2, 0) is 9.59 Å². The normalized spacial score (nSPS) is 13.7. The van der Waals surface area contributed by atoms with Gasteiger partial charge in [0.15, 0.2) is 5.78 Å². The van der Waals surface area contributed by atoms with E-state index in [1.165, 1.54) is 0 Å². The van der Waals surface area contributed by atoms with Crippen LogP contribution >= 0.6 is 0 Å². The molecule has 1 aliphatic heterocycles. The van der Waals surface area contributed by atoms with Gasteiger partial charge in [0.1, 0.15) is 0 Å². The van der Waals surface area contributed by atoms with E-state index in [1.54, 1.807) is 41.6 Å². The molecule has 1 fully saturated rings. The van der Waals surface area contributed by atoms with Gasteiger partial charge in [-0.25, -0.2) is 9.59 Å². The Morgan fingerprint density at radius 1 is 0.875 bits per heavy atom. The van der Waals surface area contributed by atoms with E-state index in [1.807, 2.05) is 42.5 Å². The third-order valence-corrected chi connectivity index (χ3v) is 6.39. The highest BCUT2D eigenvalue weighted by atomic mass is 16.4. The van der Waals surface area contributed by atoms with Crippen molar-refractivity contribution in [2.75, 3.05) is 36.8 Å². The molecule has 0 unspecified atom stereocenters. The Balaban J connectivity index is 0.000000482. The molecule has 1 aliphatic rings. The van der Waals surface area contributed by atoms with Crippen molar-refractivity contribution < 1.29 is 29.4 Å². The Morgan fingerprint density at radius 2 is 1.50 bits per heavy atom. The van der Waals surface area contributed by atoms with Crippen LogP contribution in [0.4, 0.5) is 11.4 Å². The van der Waals surface area contributed by atoms with Gasteiger partial charge in [0.2, 0.25) is 0 Å². The van der Waals surface area contributed by atoms with Crippen molar-refractivity contribution in [3.63, 3.8) is 0 Å². The van der Waals surface area contributed by atoms with Gasteiger partial charge in [-0.3, -0.25) is 14.6 Å². The van der Waals surface area contributed by atoms with Gasteiger partial charge in [-0.15, -0.1) is 0 Å². The minimum Gasteiger partial charge on any atom is -0.478 e. The second kappa shape index (κ2) is 14.9. The number of carbonyl (C=O) groups is 4. The van der Waals surface area contributed by atoms with Gasteiger partial charge >= 0.3 is 11.9 Å². The number of carboxylic acids is 2. The summed E-state index contributed by atoms with van der Waals surface area (Å²) in [7, 11) is 0. The lowest BCUT2D eigenvalue weighted by atomic mass is 9.89. The summed E-state index contributed by atoms with van der Waals surface area (Å²) in [5.74, 6) is -2.29. The van der Waals surface area contributed by atoms with Gasteiger partial charge in [0.05, 0.1) is 11.9 Å². The Bertz CT molecular complexity index is 1290. The average Bonchev–Trinajstić information content (AvgIpc) is 2.98. The van der Waals surface area contributed by atoms with Gasteiger partial charge in [-0.1, -0.05) is 30.3 Å². The van der Waals surface area contributed by atoms with Crippen molar-refractivity contribution in [2.24, 2.45) is 5.92 Å². The standard InChI is InChI=1S/C26H28N4O2.C4H4O4/c27-23-10-8-22(9-11-23)26(32)30(24-7-4-14-28-19-24)18-17-29-15-12-21(13-16-29)25(31)20-5-2-1-3-6-20;5-3(6)1-2-4(7)8/h1-11,14,19,21H,12-13,15-18,27H2;1-2H,(H,5,6)(H,7,8). The highest BCUT2D eigenvalue weighted by Gasteiger charge is 2.26. The molecule has 2 heterocycles. The topological polar surface area (TPSA) is 154 Å². The molecule has 4 N–H and O–H groups in total. The molecule has 0 bridgehead atoms. The molecule has 208 valence electrons. The minimum absolute atomic E-state index is 0.0690. The molecule has 0 spiro atoms. The zero-order chi connectivity index (χ0) is 28.9. The molecule has 10 nitrogen and oxygen atoms in total. The number of likely N-dealkylation sites (tertiary alicyclic amines) is 1. The molecular formula is C30H32N4O6. The summed E-state index contributed by atoms with van der Waals surface area (Å²) in [4.78, 5) is 53.3. The highest BCUT2D eigenvalue weighted by molar-refractivity contribution is 6.06. The molecule has 1 aromatic heterocycles. The van der Waals surface area contributed by atoms with Crippen molar-refractivity contribution in [3.05, 3.63) is 102 Å². The third-order valence-electron chi connectivity index (χ3n) is 6.39. The van der Waals surface area contributed by atoms with Crippen molar-refractivity contribution in [3.8, 4) is 0 Å². The lowest BCUT2D eigenvalue weighted by Gasteiger charge is -2.33. The first-order valence-electron chi connectivity index (χ1n) is 12.8. The zero-order valence-electron chi connectivity index (χ0n) is 21.9. The first kappa shape index (κ1) is 29.7. The SMILES string of the molecule is Nc1ccc(C(=O)N(CCN2CCC(C(=O)c3ccccc3)CC2)c2cccnc2)cc1.O=C(O)C=CC(=O)O. The number of pyridine rings is 1. The monoisotopic (exact) mass is 544 g/mol. The number of carboxylic acid groups (broad SMARTS) is 2. The fraction of sp³-hybridized carbons (Fsp3) is 0.233. The number of nitrogen functional groups attached to an aromatic ring is 1. The second-order valence-electron chi connectivity index (χ2n) is 9.15. The predicted molar refractivity (Wildman–Crippen MR) is 151 cm³/mol. The third kappa shape index (κ3) is 9.17. The van der Waals surface area contributed by atoms with Crippen LogP contribution in [0.5, 0.6) is 0 Å². The number of hydrogen-bond acceptors (Lipinski definition) is 7. The van der Waals surface area contributed by atoms with Crippen LogP contribution < -0.4 is 10.6 Å². The van der Waals surface area contributed by atoms with E-state index < -0.39 is 11.9 Å². The summed E-state index contributed by atoms with van der Waals surface area (Å²) in [6, 6.07) is 20.2. The summed E-state index contributed by atoms with van der Waals surface area (Å²) in [6.07, 6.45) is 6.20. The fourth-order valence-corrected chi connectivity index (χ4v) is 4.28. The Kier molecular flexibility index (Phi) is 11.1. The van der Waals surface area contributed by atoms with Crippen LogP contribution in [-0.4, -0.2) is 69.9 Å². The van der Waals surface area contributed by atoms with Crippen molar-refractivity contribution in [1.29, 1.82) is 0 Å². The molecule has 0 atom stereocenters. The number of anilines is 2. The Morgan fingerprint density at radius 3 is 2.05 bits per heavy atom. The molecule has 40 heavy (non-hydrogen) atoms. The number of aliphatic carboxylic acids is 2. The first-order valence-corrected chi connectivity index (χ1v) is 12.8. The maximum absolute atomic E-state index is 13.2. The number of Topliss-reactive ketones (excluding diaryl/α,β-unsaturated/α-hetero) is 1. The fourth-order valence-electron chi connectivity index (χ4n) is 4.28. The molecule has 0 aliphatic carbocycles. The number of rotatable bonds is 9. The average molecular weight is 545 g/mol. The van der Waals surface area contributed by atoms with Gasteiger partial charge in [0.25, 0.3) is 5.91 Å². The molecular weight excluding hydrogens is 512 g/mol. The molecule has 1 amide bonds. The van der Waals surface area contributed by atoms with Gasteiger partial charge in [0, 0.05) is 54.2 Å². The number of piperidine rings is 1. The predicted octanol–water partition coefficient (Wildman–Crippen LogP) is 3.62. The lowest BCUT2D eigenvalue weighted by molar-refractivity contribution is -0.134. The van der Waals surface area contributed by atoms with Crippen molar-refractivity contribution in [2.45, 2.75) is 12.8 Å². The molecule has 0 saturated carbocycles. The number of benzene rings is 2. The van der Waals surface area contributed by atoms with E-state index >= 15 is 0 Å². The van der Waals surface area contributed by atoms with Crippen LogP contribution in [0.15, 0.2) is 91.3 Å². The first-order chi connectivity index (χ1) is 19.2. The van der Waals surface area contributed by atoms with Crippen LogP contribution in [0.2, 0.25) is 0 Å². The van der Waals surface area contributed by atoms with E-state index in [-0.39, 0.29) is 17.6 Å². The van der Waals surface area contributed by atoms with E-state index in [0.717, 1.165) is 43.7 Å². The second-order valence-corrected chi connectivity index (χ2v) is 9.15. The summed E-state index contributed by atoms with van der Waals surface area (Å²) < 4.78 is 0.